The predicted molar refractivity (Wildman–Crippen MR) is 250 cm³/mol. The van der Waals surface area contributed by atoms with Crippen LogP contribution in [0.25, 0.3) is 10.9 Å². The number of halogens is 3. The van der Waals surface area contributed by atoms with Crippen molar-refractivity contribution in [2.24, 2.45) is 0 Å². The number of aryl methyl sites for hydroxylation is 1. The SMILES string of the molecule is Cc1cc(Nc2ncc(Br)c(Nc3cnc4ccccc4c3P(C)(C)=O)n2)c(OC2CC2)cc1N1CCC(N2CCN(CCc3cc(F)c([C@H]4CCC(=O)NC4=O)c(F)c3)CC2)CC1. The molecule has 17 heteroatoms. The van der Waals surface area contributed by atoms with Crippen LogP contribution in [0.5, 0.6) is 5.75 Å². The molecule has 3 N–H and O–H groups in total. The number of nitrogens with zero attached hydrogens (tertiary/aromatic N) is 6. The number of aromatic nitrogens is 3. The lowest BCUT2D eigenvalue weighted by Gasteiger charge is -2.43. The van der Waals surface area contributed by atoms with Gasteiger partial charge in [0.15, 0.2) is 0 Å². The first-order valence-corrected chi connectivity index (χ1v) is 25.5. The van der Waals surface area contributed by atoms with Gasteiger partial charge in [0, 0.05) is 92.5 Å². The summed E-state index contributed by atoms with van der Waals surface area (Å²) in [5.74, 6) is -1.86. The number of hydrogen-bond donors (Lipinski definition) is 3. The summed E-state index contributed by atoms with van der Waals surface area (Å²) < 4.78 is 51.0. The van der Waals surface area contributed by atoms with Gasteiger partial charge in [-0.3, -0.25) is 24.8 Å². The predicted octanol–water partition coefficient (Wildman–Crippen LogP) is 8.00. The molecule has 0 spiro atoms. The van der Waals surface area contributed by atoms with E-state index in [4.69, 9.17) is 9.72 Å². The molecule has 2 aromatic heterocycles. The number of nitrogens with one attached hydrogen (secondary N) is 3. The molecule has 4 aliphatic rings. The fraction of sp³-hybridized carbons (Fsp3) is 0.426. The number of rotatable bonds is 13. The monoisotopic (exact) mass is 955 g/mol. The van der Waals surface area contributed by atoms with Crippen molar-refractivity contribution < 1.29 is 27.7 Å². The van der Waals surface area contributed by atoms with E-state index >= 15 is 8.78 Å². The minimum absolute atomic E-state index is 0.0657. The number of piperazine rings is 1. The van der Waals surface area contributed by atoms with Crippen molar-refractivity contribution in [2.75, 3.05) is 74.7 Å². The number of fused-ring (bicyclic) bond motifs is 1. The van der Waals surface area contributed by atoms with Gasteiger partial charge in [0.2, 0.25) is 17.8 Å². The fourth-order valence-electron chi connectivity index (χ4n) is 9.33. The number of amides is 2. The average molecular weight is 957 g/mol. The zero-order valence-corrected chi connectivity index (χ0v) is 38.8. The summed E-state index contributed by atoms with van der Waals surface area (Å²) in [6.07, 6.45) is 8.36. The highest BCUT2D eigenvalue weighted by atomic mass is 79.9. The third-order valence-electron chi connectivity index (χ3n) is 12.8. The first kappa shape index (κ1) is 44.2. The average Bonchev–Trinajstić information content (AvgIpc) is 4.09. The fourth-order valence-corrected chi connectivity index (χ4v) is 11.1. The molecule has 0 unspecified atom stereocenters. The van der Waals surface area contributed by atoms with Crippen LogP contribution in [0.2, 0.25) is 0 Å². The summed E-state index contributed by atoms with van der Waals surface area (Å²) in [4.78, 5) is 45.2. The van der Waals surface area contributed by atoms with Crippen LogP contribution in [0.15, 0.2) is 65.4 Å². The molecular formula is C47H53BrF2N9O4P. The van der Waals surface area contributed by atoms with Crippen LogP contribution in [-0.4, -0.2) is 108 Å². The molecule has 3 aliphatic heterocycles. The Morgan fingerprint density at radius 1 is 0.891 bits per heavy atom. The number of piperidine rings is 2. The van der Waals surface area contributed by atoms with Gasteiger partial charge in [-0.1, -0.05) is 18.2 Å². The number of carbonyl (C=O) groups is 2. The highest BCUT2D eigenvalue weighted by Crippen LogP contribution is 2.43. The highest BCUT2D eigenvalue weighted by molar-refractivity contribution is 9.10. The molecule has 9 rings (SSSR count). The van der Waals surface area contributed by atoms with Crippen molar-refractivity contribution in [2.45, 2.75) is 69.9 Å². The molecule has 0 bridgehead atoms. The van der Waals surface area contributed by atoms with Crippen LogP contribution in [0.3, 0.4) is 0 Å². The van der Waals surface area contributed by atoms with E-state index in [-0.39, 0.29) is 24.5 Å². The number of anilines is 5. The van der Waals surface area contributed by atoms with E-state index in [1.807, 2.05) is 24.3 Å². The van der Waals surface area contributed by atoms with E-state index in [0.717, 1.165) is 104 Å². The molecule has 0 radical (unpaired) electrons. The molecule has 5 aromatic rings. The molecule has 64 heavy (non-hydrogen) atoms. The number of imide groups is 1. The van der Waals surface area contributed by atoms with Crippen molar-refractivity contribution in [1.82, 2.24) is 30.1 Å². The zero-order valence-electron chi connectivity index (χ0n) is 36.3. The lowest BCUT2D eigenvalue weighted by atomic mass is 9.89. The second-order valence-corrected chi connectivity index (χ2v) is 21.8. The normalized spacial score (nSPS) is 19.2. The maximum Gasteiger partial charge on any atom is 0.234 e. The molecule has 4 fully saturated rings. The second kappa shape index (κ2) is 18.5. The van der Waals surface area contributed by atoms with Gasteiger partial charge in [0.1, 0.15) is 30.3 Å². The van der Waals surface area contributed by atoms with Crippen molar-refractivity contribution in [1.29, 1.82) is 0 Å². The number of para-hydroxylation sites is 1. The summed E-state index contributed by atoms with van der Waals surface area (Å²) in [5.41, 5.74) is 4.77. The Bertz CT molecular complexity index is 2620. The van der Waals surface area contributed by atoms with Gasteiger partial charge in [-0.15, -0.1) is 0 Å². The Morgan fingerprint density at radius 3 is 2.33 bits per heavy atom. The second-order valence-electron chi connectivity index (χ2n) is 17.8. The molecule has 2 amide bonds. The first-order chi connectivity index (χ1) is 30.8. The van der Waals surface area contributed by atoms with Crippen LogP contribution < -0.4 is 30.9 Å². The number of pyridine rings is 1. The summed E-state index contributed by atoms with van der Waals surface area (Å²) in [7, 11) is -2.72. The topological polar surface area (TPSA) is 145 Å². The minimum atomic E-state index is -2.72. The molecule has 13 nitrogen and oxygen atoms in total. The lowest BCUT2D eigenvalue weighted by Crippen LogP contribution is -2.53. The van der Waals surface area contributed by atoms with Gasteiger partial charge in [-0.2, -0.15) is 4.98 Å². The summed E-state index contributed by atoms with van der Waals surface area (Å²) in [6, 6.07) is 15.1. The number of carbonyl (C=O) groups excluding carboxylic acids is 2. The van der Waals surface area contributed by atoms with Gasteiger partial charge in [0.25, 0.3) is 0 Å². The molecule has 5 heterocycles. The smallest absolute Gasteiger partial charge is 0.234 e. The van der Waals surface area contributed by atoms with Crippen LogP contribution >= 0.6 is 23.1 Å². The van der Waals surface area contributed by atoms with Crippen LogP contribution in [0, 0.1) is 18.6 Å². The zero-order chi connectivity index (χ0) is 44.7. The number of benzene rings is 3. The van der Waals surface area contributed by atoms with E-state index < -0.39 is 36.5 Å². The Morgan fingerprint density at radius 2 is 1.62 bits per heavy atom. The summed E-state index contributed by atoms with van der Waals surface area (Å²) in [6.45, 7) is 11.8. The first-order valence-electron chi connectivity index (χ1n) is 22.1. The molecule has 3 aromatic carbocycles. The van der Waals surface area contributed by atoms with E-state index in [2.05, 4.69) is 75.6 Å². The van der Waals surface area contributed by atoms with E-state index in [1.54, 1.807) is 25.7 Å². The summed E-state index contributed by atoms with van der Waals surface area (Å²) >= 11 is 3.61. The van der Waals surface area contributed by atoms with Crippen molar-refractivity contribution in [3.8, 4) is 5.75 Å². The number of ether oxygens (including phenoxy) is 1. The molecule has 3 saturated heterocycles. The standard InChI is InChI=1S/C47H53BrF2N9O4P/c1-28-22-38(54-47-52-26-34(48)45(56-47)53-39-27-51-37-7-5-4-6-32(37)44(39)64(2,3)62)41(63-31-8-9-31)25-40(28)59-16-13-30(14-17-59)58-20-18-57(19-21-58)15-12-29-23-35(49)43(36(50)24-29)33-10-11-42(60)55-46(33)61/h4-7,22-27,30-31,33H,8-21H2,1-3H3,(H,55,60,61)(H2,52,53,54,56)/t33-/m1/s1. The summed E-state index contributed by atoms with van der Waals surface area (Å²) in [5, 5.41) is 10.6. The maximum atomic E-state index is 15.1. The van der Waals surface area contributed by atoms with Gasteiger partial charge in [-0.25, -0.2) is 13.8 Å². The molecule has 1 saturated carbocycles. The third-order valence-corrected chi connectivity index (χ3v) is 15.0. The van der Waals surface area contributed by atoms with Crippen LogP contribution in [0.1, 0.15) is 61.1 Å². The molecule has 1 atom stereocenters. The third kappa shape index (κ3) is 9.80. The Balaban J connectivity index is 0.811. The van der Waals surface area contributed by atoms with Crippen molar-refractivity contribution in [3.63, 3.8) is 0 Å². The molecule has 1 aliphatic carbocycles. The van der Waals surface area contributed by atoms with Gasteiger partial charge in [0.05, 0.1) is 39.6 Å². The largest absolute Gasteiger partial charge is 0.488 e. The van der Waals surface area contributed by atoms with Crippen molar-refractivity contribution in [3.05, 3.63) is 93.7 Å². The van der Waals surface area contributed by atoms with E-state index in [0.29, 0.717) is 46.5 Å². The highest BCUT2D eigenvalue weighted by Gasteiger charge is 2.34. The minimum Gasteiger partial charge on any atom is -0.488 e. The van der Waals surface area contributed by atoms with Crippen LogP contribution in [0.4, 0.5) is 37.6 Å². The van der Waals surface area contributed by atoms with E-state index in [9.17, 15) is 14.2 Å². The molecule has 336 valence electrons. The maximum absolute atomic E-state index is 15.1. The van der Waals surface area contributed by atoms with E-state index in [1.165, 1.54) is 12.1 Å². The lowest BCUT2D eigenvalue weighted by molar-refractivity contribution is -0.134. The van der Waals surface area contributed by atoms with Gasteiger partial charge in [-0.05, 0) is 110 Å². The Kier molecular flexibility index (Phi) is 12.7. The van der Waals surface area contributed by atoms with Crippen LogP contribution in [-0.2, 0) is 20.6 Å². The molecular weight excluding hydrogens is 903 g/mol. The van der Waals surface area contributed by atoms with Crippen molar-refractivity contribution >= 4 is 79.9 Å². The Labute approximate surface area is 380 Å². The Hall–Kier alpha value is -5.02. The van der Waals surface area contributed by atoms with Gasteiger partial charge < -0.3 is 29.7 Å². The van der Waals surface area contributed by atoms with Gasteiger partial charge >= 0.3 is 0 Å². The quantitative estimate of drug-likeness (QED) is 0.0777. The number of hydrogen-bond acceptors (Lipinski definition) is 12.